The fourth-order valence-electron chi connectivity index (χ4n) is 2.89. The summed E-state index contributed by atoms with van der Waals surface area (Å²) in [5, 5.41) is 5.45. The predicted octanol–water partition coefficient (Wildman–Crippen LogP) is 4.31. The highest BCUT2D eigenvalue weighted by Crippen LogP contribution is 2.30. The van der Waals surface area contributed by atoms with Crippen molar-refractivity contribution in [3.63, 3.8) is 0 Å². The van der Waals surface area contributed by atoms with E-state index in [0.717, 1.165) is 11.3 Å². The van der Waals surface area contributed by atoms with E-state index in [1.165, 1.54) is 0 Å². The van der Waals surface area contributed by atoms with E-state index in [-0.39, 0.29) is 11.9 Å². The van der Waals surface area contributed by atoms with Crippen LogP contribution in [-0.2, 0) is 9.53 Å². The third-order valence-corrected chi connectivity index (χ3v) is 4.23. The Morgan fingerprint density at radius 1 is 1.04 bits per heavy atom. The molecule has 0 aromatic heterocycles. The summed E-state index contributed by atoms with van der Waals surface area (Å²) in [7, 11) is 0. The lowest BCUT2D eigenvalue weighted by Gasteiger charge is -2.28. The van der Waals surface area contributed by atoms with E-state index in [2.05, 4.69) is 10.6 Å². The average molecular weight is 380 g/mol. The highest BCUT2D eigenvalue weighted by atomic mass is 16.5. The molecule has 2 N–H and O–H groups in total. The molecule has 0 bridgehead atoms. The Bertz CT molecular complexity index is 873. The van der Waals surface area contributed by atoms with Crippen LogP contribution in [0.15, 0.2) is 65.9 Å². The average Bonchev–Trinajstić information content (AvgIpc) is 2.67. The number of hydrogen-bond acceptors (Lipinski definition) is 4. The molecule has 0 aliphatic carbocycles. The van der Waals surface area contributed by atoms with Crippen LogP contribution in [0, 0.1) is 5.92 Å². The van der Waals surface area contributed by atoms with Crippen LogP contribution < -0.4 is 15.4 Å². The van der Waals surface area contributed by atoms with E-state index in [1.807, 2.05) is 68.4 Å². The number of nitrogens with one attached hydrogen (secondary N) is 2. The molecule has 3 rings (SSSR count). The lowest BCUT2D eigenvalue weighted by Crippen LogP contribution is -2.45. The number of carbonyl (C=O) groups is 2. The van der Waals surface area contributed by atoms with Crippen LogP contribution in [0.1, 0.15) is 32.4 Å². The third-order valence-electron chi connectivity index (χ3n) is 4.23. The first-order chi connectivity index (χ1) is 13.4. The first-order valence-electron chi connectivity index (χ1n) is 9.22. The molecule has 0 saturated heterocycles. The molecule has 0 fully saturated rings. The van der Waals surface area contributed by atoms with Crippen molar-refractivity contribution >= 4 is 12.0 Å². The van der Waals surface area contributed by atoms with Gasteiger partial charge in [-0.25, -0.2) is 9.59 Å². The molecule has 6 heteroatoms. The van der Waals surface area contributed by atoms with Gasteiger partial charge in [0, 0.05) is 5.70 Å². The van der Waals surface area contributed by atoms with Crippen LogP contribution in [0.5, 0.6) is 11.5 Å². The van der Waals surface area contributed by atoms with Crippen LogP contribution in [0.4, 0.5) is 4.79 Å². The topological polar surface area (TPSA) is 76.7 Å². The number of ether oxygens (including phenoxy) is 2. The minimum atomic E-state index is -0.584. The largest absolute Gasteiger partial charge is 0.462 e. The molecule has 2 aromatic rings. The van der Waals surface area contributed by atoms with E-state index in [0.29, 0.717) is 23.6 Å². The number of esters is 1. The summed E-state index contributed by atoms with van der Waals surface area (Å²) in [5.74, 6) is 1.19. The Balaban J connectivity index is 1.81. The number of allylic oxidation sites excluding steroid dienone is 1. The van der Waals surface area contributed by atoms with Gasteiger partial charge in [-0.15, -0.1) is 0 Å². The van der Waals surface area contributed by atoms with Crippen molar-refractivity contribution in [2.24, 2.45) is 5.92 Å². The Hall–Kier alpha value is -3.28. The highest BCUT2D eigenvalue weighted by Gasteiger charge is 2.32. The quantitative estimate of drug-likeness (QED) is 0.733. The molecule has 28 heavy (non-hydrogen) atoms. The van der Waals surface area contributed by atoms with Crippen molar-refractivity contribution in [1.82, 2.24) is 10.6 Å². The van der Waals surface area contributed by atoms with Gasteiger partial charge in [0.2, 0.25) is 0 Å². The second-order valence-corrected chi connectivity index (χ2v) is 7.05. The first kappa shape index (κ1) is 19.5. The maximum atomic E-state index is 12.6. The minimum Gasteiger partial charge on any atom is -0.462 e. The van der Waals surface area contributed by atoms with Gasteiger partial charge in [-0.1, -0.05) is 44.2 Å². The summed E-state index contributed by atoms with van der Waals surface area (Å²) in [6.45, 7) is 5.96. The second kappa shape index (κ2) is 8.61. The van der Waals surface area contributed by atoms with Crippen LogP contribution >= 0.6 is 0 Å². The number of rotatable bonds is 6. The van der Waals surface area contributed by atoms with Crippen molar-refractivity contribution in [3.05, 3.63) is 71.4 Å². The van der Waals surface area contributed by atoms with Gasteiger partial charge in [0.25, 0.3) is 0 Å². The van der Waals surface area contributed by atoms with Gasteiger partial charge < -0.3 is 20.1 Å². The van der Waals surface area contributed by atoms with Crippen LogP contribution in [-0.4, -0.2) is 18.6 Å². The van der Waals surface area contributed by atoms with Crippen molar-refractivity contribution in [2.75, 3.05) is 6.61 Å². The summed E-state index contributed by atoms with van der Waals surface area (Å²) in [4.78, 5) is 24.6. The number of urea groups is 1. The standard InChI is InChI=1S/C22H24N2O4/c1-14(2)13-27-21(25)19-15(3)23-22(26)24-20(19)16-9-11-18(12-10-16)28-17-7-5-4-6-8-17/h4-12,14,20H,13H2,1-3H3,(H2,23,24,26). The van der Waals surface area contributed by atoms with E-state index >= 15 is 0 Å². The van der Waals surface area contributed by atoms with Crippen LogP contribution in [0.25, 0.3) is 0 Å². The van der Waals surface area contributed by atoms with Crippen molar-refractivity contribution < 1.29 is 19.1 Å². The molecule has 0 radical (unpaired) electrons. The Kier molecular flexibility index (Phi) is 5.99. The Labute approximate surface area is 164 Å². The zero-order valence-corrected chi connectivity index (χ0v) is 16.2. The van der Waals surface area contributed by atoms with Crippen molar-refractivity contribution in [2.45, 2.75) is 26.8 Å². The number of benzene rings is 2. The zero-order chi connectivity index (χ0) is 20.1. The van der Waals surface area contributed by atoms with Gasteiger partial charge in [-0.3, -0.25) is 0 Å². The zero-order valence-electron chi connectivity index (χ0n) is 16.2. The summed E-state index contributed by atoms with van der Waals surface area (Å²) in [6.07, 6.45) is 0. The van der Waals surface area contributed by atoms with E-state index in [1.54, 1.807) is 6.92 Å². The molecule has 1 unspecified atom stereocenters. The van der Waals surface area contributed by atoms with Gasteiger partial charge in [0.15, 0.2) is 0 Å². The maximum absolute atomic E-state index is 12.6. The molecule has 0 spiro atoms. The normalized spacial score (nSPS) is 16.4. The second-order valence-electron chi connectivity index (χ2n) is 7.05. The molecule has 0 saturated carbocycles. The maximum Gasteiger partial charge on any atom is 0.338 e. The Morgan fingerprint density at radius 3 is 2.32 bits per heavy atom. The van der Waals surface area contributed by atoms with Gasteiger partial charge in [-0.05, 0) is 42.7 Å². The monoisotopic (exact) mass is 380 g/mol. The van der Waals surface area contributed by atoms with Gasteiger partial charge in [-0.2, -0.15) is 0 Å². The third kappa shape index (κ3) is 4.71. The van der Waals surface area contributed by atoms with Crippen molar-refractivity contribution in [1.29, 1.82) is 0 Å². The molecular formula is C22H24N2O4. The van der Waals surface area contributed by atoms with Gasteiger partial charge >= 0.3 is 12.0 Å². The lowest BCUT2D eigenvalue weighted by molar-refractivity contribution is -0.140. The van der Waals surface area contributed by atoms with Gasteiger partial charge in [0.05, 0.1) is 18.2 Å². The number of amides is 2. The van der Waals surface area contributed by atoms with Crippen molar-refractivity contribution in [3.8, 4) is 11.5 Å². The summed E-state index contributed by atoms with van der Waals surface area (Å²) >= 11 is 0. The molecule has 1 atom stereocenters. The molecular weight excluding hydrogens is 356 g/mol. The van der Waals surface area contributed by atoms with E-state index in [4.69, 9.17) is 9.47 Å². The number of para-hydroxylation sites is 1. The predicted molar refractivity (Wildman–Crippen MR) is 106 cm³/mol. The summed E-state index contributed by atoms with van der Waals surface area (Å²) in [5.41, 5.74) is 1.66. The van der Waals surface area contributed by atoms with Crippen LogP contribution in [0.2, 0.25) is 0 Å². The van der Waals surface area contributed by atoms with Gasteiger partial charge in [0.1, 0.15) is 11.5 Å². The fraction of sp³-hybridized carbons (Fsp3) is 0.273. The van der Waals surface area contributed by atoms with E-state index in [9.17, 15) is 9.59 Å². The summed E-state index contributed by atoms with van der Waals surface area (Å²) in [6, 6.07) is 15.8. The Morgan fingerprint density at radius 2 is 1.68 bits per heavy atom. The molecule has 1 heterocycles. The molecule has 146 valence electrons. The molecule has 2 aromatic carbocycles. The lowest BCUT2D eigenvalue weighted by atomic mass is 9.95. The molecule has 1 aliphatic rings. The number of hydrogen-bond donors (Lipinski definition) is 2. The van der Waals surface area contributed by atoms with E-state index < -0.39 is 12.0 Å². The molecule has 2 amide bonds. The molecule has 1 aliphatic heterocycles. The minimum absolute atomic E-state index is 0.226. The SMILES string of the molecule is CC1=C(C(=O)OCC(C)C)C(c2ccc(Oc3ccccc3)cc2)NC(=O)N1. The highest BCUT2D eigenvalue weighted by molar-refractivity contribution is 5.95. The number of carbonyl (C=O) groups excluding carboxylic acids is 2. The fourth-order valence-corrected chi connectivity index (χ4v) is 2.89. The smallest absolute Gasteiger partial charge is 0.338 e. The molecule has 6 nitrogen and oxygen atoms in total. The first-order valence-corrected chi connectivity index (χ1v) is 9.22. The van der Waals surface area contributed by atoms with Crippen LogP contribution in [0.3, 0.4) is 0 Å². The summed E-state index contributed by atoms with van der Waals surface area (Å²) < 4.78 is 11.2.